The van der Waals surface area contributed by atoms with E-state index < -0.39 is 11.6 Å². The van der Waals surface area contributed by atoms with Crippen LogP contribution in [0.1, 0.15) is 18.4 Å². The molecule has 0 bridgehead atoms. The van der Waals surface area contributed by atoms with Crippen LogP contribution in [0.25, 0.3) is 0 Å². The maximum absolute atomic E-state index is 13.1. The number of benzene rings is 1. The van der Waals surface area contributed by atoms with Gasteiger partial charge >= 0.3 is 0 Å². The van der Waals surface area contributed by atoms with Crippen molar-refractivity contribution >= 4 is 12.4 Å². The molecule has 1 saturated heterocycles. The molecule has 0 amide bonds. The third kappa shape index (κ3) is 3.90. The van der Waals surface area contributed by atoms with Crippen molar-refractivity contribution in [1.29, 1.82) is 0 Å². The molecule has 2 nitrogen and oxygen atoms in total. The number of nitrogens with zero attached hydrogens (tertiary/aromatic N) is 1. The van der Waals surface area contributed by atoms with Gasteiger partial charge in [0, 0.05) is 13.1 Å². The monoisotopic (exact) mass is 276 g/mol. The highest BCUT2D eigenvalue weighted by molar-refractivity contribution is 5.85. The van der Waals surface area contributed by atoms with Crippen molar-refractivity contribution in [2.45, 2.75) is 19.4 Å². The van der Waals surface area contributed by atoms with Gasteiger partial charge in [-0.1, -0.05) is 6.07 Å². The zero-order chi connectivity index (χ0) is 12.3. The lowest BCUT2D eigenvalue weighted by Crippen LogP contribution is -2.37. The van der Waals surface area contributed by atoms with Crippen LogP contribution in [0.4, 0.5) is 8.78 Å². The predicted molar refractivity (Wildman–Crippen MR) is 70.7 cm³/mol. The van der Waals surface area contributed by atoms with Gasteiger partial charge in [-0.05, 0) is 49.5 Å². The van der Waals surface area contributed by atoms with Gasteiger partial charge in [-0.25, -0.2) is 8.78 Å². The van der Waals surface area contributed by atoms with Gasteiger partial charge in [0.15, 0.2) is 11.6 Å². The van der Waals surface area contributed by atoms with E-state index in [4.69, 9.17) is 5.73 Å². The first-order valence-corrected chi connectivity index (χ1v) is 6.05. The topological polar surface area (TPSA) is 29.3 Å². The number of rotatable bonds is 3. The molecule has 0 radical (unpaired) electrons. The lowest BCUT2D eigenvalue weighted by Gasteiger charge is -2.32. The largest absolute Gasteiger partial charge is 0.330 e. The lowest BCUT2D eigenvalue weighted by molar-refractivity contribution is 0.171. The molecule has 0 aromatic heterocycles. The van der Waals surface area contributed by atoms with E-state index in [1.165, 1.54) is 18.6 Å². The third-order valence-corrected chi connectivity index (χ3v) is 3.33. The van der Waals surface area contributed by atoms with Gasteiger partial charge in [-0.15, -0.1) is 12.4 Å². The van der Waals surface area contributed by atoms with Crippen molar-refractivity contribution in [2.75, 3.05) is 19.6 Å². The van der Waals surface area contributed by atoms with Gasteiger partial charge < -0.3 is 5.73 Å². The van der Waals surface area contributed by atoms with E-state index >= 15 is 0 Å². The highest BCUT2D eigenvalue weighted by atomic mass is 35.5. The average Bonchev–Trinajstić information content (AvgIpc) is 2.34. The minimum Gasteiger partial charge on any atom is -0.330 e. The first kappa shape index (κ1) is 15.3. The van der Waals surface area contributed by atoms with E-state index in [-0.39, 0.29) is 12.4 Å². The van der Waals surface area contributed by atoms with Gasteiger partial charge in [-0.2, -0.15) is 0 Å². The Kier molecular flexibility index (Phi) is 5.99. The summed E-state index contributed by atoms with van der Waals surface area (Å²) >= 11 is 0. The molecule has 2 rings (SSSR count). The van der Waals surface area contributed by atoms with Gasteiger partial charge in [0.25, 0.3) is 0 Å². The van der Waals surface area contributed by atoms with Crippen LogP contribution in [0.3, 0.4) is 0 Å². The van der Waals surface area contributed by atoms with Crippen LogP contribution in [0.2, 0.25) is 0 Å². The van der Waals surface area contributed by atoms with Gasteiger partial charge in [0.05, 0.1) is 0 Å². The number of hydrogen-bond acceptors (Lipinski definition) is 2. The van der Waals surface area contributed by atoms with E-state index in [0.717, 1.165) is 25.1 Å². The van der Waals surface area contributed by atoms with Crippen molar-refractivity contribution < 1.29 is 8.78 Å². The van der Waals surface area contributed by atoms with E-state index in [2.05, 4.69) is 4.90 Å². The summed E-state index contributed by atoms with van der Waals surface area (Å²) in [6.07, 6.45) is 2.30. The fourth-order valence-corrected chi connectivity index (χ4v) is 2.38. The summed E-state index contributed by atoms with van der Waals surface area (Å²) in [5.74, 6) is -1.02. The maximum Gasteiger partial charge on any atom is 0.159 e. The second-order valence-corrected chi connectivity index (χ2v) is 4.73. The summed E-state index contributed by atoms with van der Waals surface area (Å²) in [6, 6.07) is 4.11. The second kappa shape index (κ2) is 7.02. The van der Waals surface area contributed by atoms with Crippen LogP contribution in [0.15, 0.2) is 18.2 Å². The SMILES string of the molecule is Cl.NCC1CCCN(Cc2ccc(F)c(F)c2)C1. The van der Waals surface area contributed by atoms with Crippen LogP contribution in [0.5, 0.6) is 0 Å². The molecule has 1 heterocycles. The first-order valence-electron chi connectivity index (χ1n) is 6.05. The minimum atomic E-state index is -0.785. The third-order valence-electron chi connectivity index (χ3n) is 3.33. The lowest BCUT2D eigenvalue weighted by atomic mass is 9.98. The summed E-state index contributed by atoms with van der Waals surface area (Å²) in [7, 11) is 0. The average molecular weight is 277 g/mol. The van der Waals surface area contributed by atoms with Crippen molar-refractivity contribution in [3.63, 3.8) is 0 Å². The van der Waals surface area contributed by atoms with Crippen LogP contribution in [-0.2, 0) is 6.54 Å². The van der Waals surface area contributed by atoms with Crippen LogP contribution in [-0.4, -0.2) is 24.5 Å². The zero-order valence-electron chi connectivity index (χ0n) is 10.2. The summed E-state index contributed by atoms with van der Waals surface area (Å²) in [5.41, 5.74) is 6.49. The van der Waals surface area contributed by atoms with Crippen LogP contribution >= 0.6 is 12.4 Å². The molecule has 0 saturated carbocycles. The molecule has 1 aliphatic heterocycles. The summed E-state index contributed by atoms with van der Waals surface area (Å²) in [6.45, 7) is 3.34. The van der Waals surface area contributed by atoms with E-state index in [9.17, 15) is 8.78 Å². The second-order valence-electron chi connectivity index (χ2n) is 4.73. The minimum absolute atomic E-state index is 0. The molecule has 1 aromatic carbocycles. The Bertz CT molecular complexity index is 387. The Labute approximate surface area is 113 Å². The molecule has 18 heavy (non-hydrogen) atoms. The highest BCUT2D eigenvalue weighted by Crippen LogP contribution is 2.18. The summed E-state index contributed by atoms with van der Waals surface area (Å²) in [4.78, 5) is 2.26. The molecule has 1 fully saturated rings. The number of likely N-dealkylation sites (tertiary alicyclic amines) is 1. The Balaban J connectivity index is 0.00000162. The molecule has 0 spiro atoms. The number of piperidine rings is 1. The Morgan fingerprint density at radius 1 is 1.28 bits per heavy atom. The summed E-state index contributed by atoms with van der Waals surface area (Å²) < 4.78 is 25.9. The van der Waals surface area contributed by atoms with Crippen LogP contribution in [0, 0.1) is 17.6 Å². The molecule has 2 N–H and O–H groups in total. The van der Waals surface area contributed by atoms with E-state index in [1.54, 1.807) is 6.07 Å². The molecule has 1 aliphatic rings. The highest BCUT2D eigenvalue weighted by Gasteiger charge is 2.18. The zero-order valence-corrected chi connectivity index (χ0v) is 11.1. The quantitative estimate of drug-likeness (QED) is 0.919. The Morgan fingerprint density at radius 2 is 2.06 bits per heavy atom. The normalized spacial score (nSPS) is 20.5. The molecule has 1 aromatic rings. The van der Waals surface area contributed by atoms with Crippen molar-refractivity contribution in [1.82, 2.24) is 4.90 Å². The number of nitrogens with two attached hydrogens (primary N) is 1. The van der Waals surface area contributed by atoms with E-state index in [0.29, 0.717) is 19.0 Å². The van der Waals surface area contributed by atoms with Gasteiger partial charge in [0.2, 0.25) is 0 Å². The smallest absolute Gasteiger partial charge is 0.159 e. The van der Waals surface area contributed by atoms with Crippen molar-refractivity contribution in [2.24, 2.45) is 11.7 Å². The molecular formula is C13H19ClF2N2. The van der Waals surface area contributed by atoms with Crippen molar-refractivity contribution in [3.05, 3.63) is 35.4 Å². The molecular weight excluding hydrogens is 258 g/mol. The number of halogens is 3. The first-order chi connectivity index (χ1) is 8.19. The fourth-order valence-electron chi connectivity index (χ4n) is 2.38. The fraction of sp³-hybridized carbons (Fsp3) is 0.538. The molecule has 5 heteroatoms. The standard InChI is InChI=1S/C13H18F2N2.ClH/c14-12-4-3-10(6-13(12)15)8-17-5-1-2-11(7-16)9-17;/h3-4,6,11H,1-2,5,7-9,16H2;1H. The number of hydrogen-bond donors (Lipinski definition) is 1. The Morgan fingerprint density at radius 3 is 2.72 bits per heavy atom. The molecule has 0 aliphatic carbocycles. The molecule has 1 unspecified atom stereocenters. The van der Waals surface area contributed by atoms with E-state index in [1.807, 2.05) is 0 Å². The van der Waals surface area contributed by atoms with Gasteiger partial charge in [-0.3, -0.25) is 4.90 Å². The van der Waals surface area contributed by atoms with Crippen LogP contribution < -0.4 is 5.73 Å². The molecule has 1 atom stereocenters. The van der Waals surface area contributed by atoms with Gasteiger partial charge in [0.1, 0.15) is 0 Å². The predicted octanol–water partition coefficient (Wildman–Crippen LogP) is 2.56. The summed E-state index contributed by atoms with van der Waals surface area (Å²) in [5, 5.41) is 0. The molecule has 102 valence electrons. The maximum atomic E-state index is 13.1. The van der Waals surface area contributed by atoms with Crippen molar-refractivity contribution in [3.8, 4) is 0 Å². The Hall–Kier alpha value is -0.710.